The number of aromatic carboxylic acids is 1. The van der Waals surface area contributed by atoms with Crippen LogP contribution >= 0.6 is 27.5 Å². The van der Waals surface area contributed by atoms with Crippen LogP contribution in [0.1, 0.15) is 10.5 Å². The number of carbonyl (C=O) groups is 1. The summed E-state index contributed by atoms with van der Waals surface area (Å²) in [6.07, 6.45) is 0. The molecule has 0 saturated heterocycles. The number of hydrogen-bond donors (Lipinski definition) is 1. The third kappa shape index (κ3) is 1.98. The van der Waals surface area contributed by atoms with E-state index < -0.39 is 28.8 Å². The second kappa shape index (κ2) is 4.19. The summed E-state index contributed by atoms with van der Waals surface area (Å²) >= 11 is 8.56. The van der Waals surface area contributed by atoms with Gasteiger partial charge in [-0.05, 0) is 28.1 Å². The van der Waals surface area contributed by atoms with Crippen molar-refractivity contribution >= 4 is 44.4 Å². The first kappa shape index (κ1) is 12.2. The van der Waals surface area contributed by atoms with E-state index in [0.29, 0.717) is 0 Å². The van der Waals surface area contributed by atoms with E-state index in [1.54, 1.807) is 0 Å². The molecule has 0 fully saturated rings. The van der Waals surface area contributed by atoms with Gasteiger partial charge in [-0.2, -0.15) is 0 Å². The molecule has 0 unspecified atom stereocenters. The van der Waals surface area contributed by atoms with Crippen molar-refractivity contribution in [3.8, 4) is 0 Å². The quantitative estimate of drug-likeness (QED) is 0.816. The van der Waals surface area contributed by atoms with Crippen LogP contribution in [0.25, 0.3) is 10.9 Å². The average Bonchev–Trinajstić information content (AvgIpc) is 2.25. The highest BCUT2D eigenvalue weighted by Gasteiger charge is 2.18. The fourth-order valence-electron chi connectivity index (χ4n) is 1.37. The third-order valence-corrected chi connectivity index (χ3v) is 2.97. The Morgan fingerprint density at radius 2 is 2.06 bits per heavy atom. The summed E-state index contributed by atoms with van der Waals surface area (Å²) in [7, 11) is 0. The maximum absolute atomic E-state index is 13.7. The summed E-state index contributed by atoms with van der Waals surface area (Å²) in [4.78, 5) is 14.2. The summed E-state index contributed by atoms with van der Waals surface area (Å²) in [5.74, 6) is -2.99. The molecular weight excluding hydrogens is 319 g/mol. The van der Waals surface area contributed by atoms with E-state index in [1.807, 2.05) is 0 Å². The van der Waals surface area contributed by atoms with E-state index in [9.17, 15) is 13.6 Å². The molecular formula is C10H3BrClF2NO2. The molecule has 0 aliphatic rings. The molecule has 17 heavy (non-hydrogen) atoms. The first-order chi connectivity index (χ1) is 7.91. The van der Waals surface area contributed by atoms with Crippen LogP contribution in [0.4, 0.5) is 8.78 Å². The van der Waals surface area contributed by atoms with Gasteiger partial charge >= 0.3 is 5.97 Å². The van der Waals surface area contributed by atoms with Crippen molar-refractivity contribution in [1.29, 1.82) is 0 Å². The Kier molecular flexibility index (Phi) is 3.01. The van der Waals surface area contributed by atoms with E-state index in [2.05, 4.69) is 20.9 Å². The lowest BCUT2D eigenvalue weighted by Crippen LogP contribution is -2.02. The van der Waals surface area contributed by atoms with Crippen LogP contribution in [0.3, 0.4) is 0 Å². The first-order valence-corrected chi connectivity index (χ1v) is 5.46. The number of rotatable bonds is 1. The number of aromatic nitrogens is 1. The van der Waals surface area contributed by atoms with Crippen LogP contribution < -0.4 is 0 Å². The summed E-state index contributed by atoms with van der Waals surface area (Å²) in [5, 5.41) is 8.29. The van der Waals surface area contributed by atoms with Gasteiger partial charge in [0, 0.05) is 0 Å². The summed E-state index contributed by atoms with van der Waals surface area (Å²) in [5.41, 5.74) is -0.848. The van der Waals surface area contributed by atoms with Crippen molar-refractivity contribution < 1.29 is 18.7 Å². The van der Waals surface area contributed by atoms with E-state index in [0.717, 1.165) is 12.1 Å². The Morgan fingerprint density at radius 1 is 1.41 bits per heavy atom. The molecule has 0 atom stereocenters. The van der Waals surface area contributed by atoms with Crippen LogP contribution in [0.2, 0.25) is 5.02 Å². The molecule has 2 rings (SSSR count). The fourth-order valence-corrected chi connectivity index (χ4v) is 2.04. The fraction of sp³-hybridized carbons (Fsp3) is 0. The minimum absolute atomic E-state index is 0.103. The van der Waals surface area contributed by atoms with Crippen molar-refractivity contribution in [3.63, 3.8) is 0 Å². The van der Waals surface area contributed by atoms with Gasteiger partial charge in [0.2, 0.25) is 0 Å². The molecule has 0 bridgehead atoms. The van der Waals surface area contributed by atoms with Gasteiger partial charge < -0.3 is 5.11 Å². The lowest BCUT2D eigenvalue weighted by Gasteiger charge is -2.06. The molecule has 1 aromatic heterocycles. The lowest BCUT2D eigenvalue weighted by atomic mass is 10.2. The number of carboxylic acid groups (broad SMARTS) is 1. The second-order valence-corrected chi connectivity index (χ2v) is 4.43. The van der Waals surface area contributed by atoms with Gasteiger partial charge in [-0.1, -0.05) is 11.6 Å². The topological polar surface area (TPSA) is 50.2 Å². The lowest BCUT2D eigenvalue weighted by molar-refractivity contribution is 0.0691. The van der Waals surface area contributed by atoms with E-state index in [-0.39, 0.29) is 14.9 Å². The predicted molar refractivity (Wildman–Crippen MR) is 61.3 cm³/mol. The first-order valence-electron chi connectivity index (χ1n) is 4.29. The van der Waals surface area contributed by atoms with Gasteiger partial charge in [0.05, 0.1) is 14.9 Å². The van der Waals surface area contributed by atoms with Crippen molar-refractivity contribution in [2.75, 3.05) is 0 Å². The van der Waals surface area contributed by atoms with Gasteiger partial charge in [0.15, 0.2) is 11.5 Å². The van der Waals surface area contributed by atoms with Crippen LogP contribution in [0, 0.1) is 11.6 Å². The number of nitrogens with zero attached hydrogens (tertiary/aromatic N) is 1. The Labute approximate surface area is 107 Å². The zero-order valence-electron chi connectivity index (χ0n) is 7.97. The van der Waals surface area contributed by atoms with Crippen molar-refractivity contribution in [2.24, 2.45) is 0 Å². The molecule has 88 valence electrons. The van der Waals surface area contributed by atoms with Gasteiger partial charge in [0.1, 0.15) is 11.3 Å². The minimum atomic E-state index is -1.36. The number of benzene rings is 1. The number of hydrogen-bond acceptors (Lipinski definition) is 2. The van der Waals surface area contributed by atoms with Gasteiger partial charge in [-0.25, -0.2) is 18.6 Å². The molecule has 0 saturated carbocycles. The zero-order valence-corrected chi connectivity index (χ0v) is 10.3. The smallest absolute Gasteiger partial charge is 0.354 e. The van der Waals surface area contributed by atoms with Crippen LogP contribution in [0.5, 0.6) is 0 Å². The number of halogens is 4. The molecule has 7 heteroatoms. The van der Waals surface area contributed by atoms with Gasteiger partial charge in [-0.15, -0.1) is 0 Å². The van der Waals surface area contributed by atoms with Crippen molar-refractivity contribution in [3.05, 3.63) is 39.0 Å². The van der Waals surface area contributed by atoms with Crippen molar-refractivity contribution in [2.45, 2.75) is 0 Å². The molecule has 0 aliphatic carbocycles. The predicted octanol–water partition coefficient (Wildman–Crippen LogP) is 3.63. The molecule has 1 aromatic carbocycles. The normalized spacial score (nSPS) is 10.8. The van der Waals surface area contributed by atoms with Crippen LogP contribution in [0.15, 0.2) is 16.6 Å². The Balaban J connectivity index is 2.95. The molecule has 0 aliphatic heterocycles. The summed E-state index contributed by atoms with van der Waals surface area (Å²) in [6, 6.07) is 1.84. The second-order valence-electron chi connectivity index (χ2n) is 3.17. The highest BCUT2D eigenvalue weighted by molar-refractivity contribution is 9.10. The van der Waals surface area contributed by atoms with Gasteiger partial charge in [0.25, 0.3) is 0 Å². The molecule has 0 radical (unpaired) electrons. The minimum Gasteiger partial charge on any atom is -0.477 e. The maximum Gasteiger partial charge on any atom is 0.354 e. The molecule has 3 nitrogen and oxygen atoms in total. The Morgan fingerprint density at radius 3 is 2.65 bits per heavy atom. The largest absolute Gasteiger partial charge is 0.477 e. The molecule has 2 aromatic rings. The van der Waals surface area contributed by atoms with Crippen LogP contribution in [-0.4, -0.2) is 16.1 Å². The van der Waals surface area contributed by atoms with E-state index >= 15 is 0 Å². The molecule has 1 heterocycles. The standard InChI is InChI=1S/C10H3BrClF2NO2/c11-3-1-5(13)9-7(8(3)14)4(12)2-6(15-9)10(16)17/h1-2H,(H,16,17). The monoisotopic (exact) mass is 321 g/mol. The molecule has 1 N–H and O–H groups in total. The zero-order chi connectivity index (χ0) is 12.7. The SMILES string of the molecule is O=C(O)c1cc(Cl)c2c(F)c(Br)cc(F)c2n1. The molecule has 0 amide bonds. The third-order valence-electron chi connectivity index (χ3n) is 2.10. The highest BCUT2D eigenvalue weighted by atomic mass is 79.9. The highest BCUT2D eigenvalue weighted by Crippen LogP contribution is 2.32. The summed E-state index contributed by atoms with van der Waals surface area (Å²) in [6.45, 7) is 0. The maximum atomic E-state index is 13.7. The van der Waals surface area contributed by atoms with Crippen molar-refractivity contribution in [1.82, 2.24) is 4.98 Å². The number of pyridine rings is 1. The van der Waals surface area contributed by atoms with E-state index in [4.69, 9.17) is 16.7 Å². The Hall–Kier alpha value is -1.27. The van der Waals surface area contributed by atoms with E-state index in [1.165, 1.54) is 0 Å². The van der Waals surface area contributed by atoms with Crippen LogP contribution in [-0.2, 0) is 0 Å². The Bertz CT molecular complexity index is 648. The van der Waals surface area contributed by atoms with Gasteiger partial charge in [-0.3, -0.25) is 0 Å². The number of carboxylic acids is 1. The summed E-state index contributed by atoms with van der Waals surface area (Å²) < 4.78 is 27.1. The number of fused-ring (bicyclic) bond motifs is 1. The average molecular weight is 322 g/mol. The molecule has 0 spiro atoms.